The van der Waals surface area contributed by atoms with E-state index in [9.17, 15) is 9.59 Å². The summed E-state index contributed by atoms with van der Waals surface area (Å²) in [7, 11) is 0. The maximum absolute atomic E-state index is 11.3. The lowest BCUT2D eigenvalue weighted by Gasteiger charge is -2.05. The molecule has 144 valence electrons. The summed E-state index contributed by atoms with van der Waals surface area (Å²) in [5.41, 5.74) is 0. The summed E-state index contributed by atoms with van der Waals surface area (Å²) in [6.45, 7) is 2.19. The molecule has 0 radical (unpaired) electrons. The van der Waals surface area contributed by atoms with Crippen LogP contribution in [-0.2, 0) is 14.3 Å². The van der Waals surface area contributed by atoms with Crippen LogP contribution in [0.5, 0.6) is 0 Å². The molecule has 3 heteroatoms. The number of unbranched alkanes of at least 4 members (excludes halogenated alkanes) is 12. The Hall–Kier alpha value is -1.12. The lowest BCUT2D eigenvalue weighted by molar-refractivity contribution is -0.153. The summed E-state index contributed by atoms with van der Waals surface area (Å²) in [5, 5.41) is 0. The maximum Gasteiger partial charge on any atom is 0.317 e. The second-order valence-corrected chi connectivity index (χ2v) is 7.39. The van der Waals surface area contributed by atoms with Crippen molar-refractivity contribution in [3.8, 4) is 0 Å². The first-order valence-electron chi connectivity index (χ1n) is 10.6. The van der Waals surface area contributed by atoms with E-state index in [2.05, 4.69) is 23.8 Å². The van der Waals surface area contributed by atoms with Crippen LogP contribution in [0.2, 0.25) is 0 Å². The summed E-state index contributed by atoms with van der Waals surface area (Å²) >= 11 is 0. The molecule has 25 heavy (non-hydrogen) atoms. The third-order valence-electron chi connectivity index (χ3n) is 5.04. The highest BCUT2D eigenvalue weighted by Crippen LogP contribution is 2.22. The molecule has 0 spiro atoms. The lowest BCUT2D eigenvalue weighted by Crippen LogP contribution is -2.06. The molecule has 0 aromatic rings. The van der Waals surface area contributed by atoms with E-state index in [4.69, 9.17) is 0 Å². The van der Waals surface area contributed by atoms with Crippen molar-refractivity contribution in [1.29, 1.82) is 0 Å². The van der Waals surface area contributed by atoms with Crippen LogP contribution < -0.4 is 0 Å². The minimum Gasteiger partial charge on any atom is -0.393 e. The van der Waals surface area contributed by atoms with E-state index in [1.807, 2.05) is 0 Å². The van der Waals surface area contributed by atoms with E-state index in [-0.39, 0.29) is 17.9 Å². The second-order valence-electron chi connectivity index (χ2n) is 7.39. The molecule has 1 saturated heterocycles. The van der Waals surface area contributed by atoms with Gasteiger partial charge in [-0.3, -0.25) is 9.59 Å². The Labute approximate surface area is 154 Å². The fourth-order valence-corrected chi connectivity index (χ4v) is 3.45. The van der Waals surface area contributed by atoms with Crippen molar-refractivity contribution in [2.45, 2.75) is 110 Å². The Morgan fingerprint density at radius 2 is 1.32 bits per heavy atom. The average molecular weight is 351 g/mol. The Morgan fingerprint density at radius 3 is 1.80 bits per heavy atom. The van der Waals surface area contributed by atoms with Crippen LogP contribution >= 0.6 is 0 Å². The van der Waals surface area contributed by atoms with E-state index in [1.165, 1.54) is 77.0 Å². The third kappa shape index (κ3) is 12.0. The molecule has 1 atom stereocenters. The number of ether oxygens (including phenoxy) is 1. The zero-order valence-electron chi connectivity index (χ0n) is 16.3. The Kier molecular flexibility index (Phi) is 13.3. The van der Waals surface area contributed by atoms with Crippen molar-refractivity contribution < 1.29 is 14.3 Å². The summed E-state index contributed by atoms with van der Waals surface area (Å²) in [6, 6.07) is 0. The van der Waals surface area contributed by atoms with E-state index in [0.717, 1.165) is 19.3 Å². The first-order chi connectivity index (χ1) is 12.2. The summed E-state index contributed by atoms with van der Waals surface area (Å²) in [6.07, 6.45) is 23.9. The van der Waals surface area contributed by atoms with Gasteiger partial charge in [0.25, 0.3) is 0 Å². The predicted octanol–water partition coefficient (Wildman–Crippen LogP) is 6.50. The molecule has 0 amide bonds. The number of carbonyl (C=O) groups is 2. The van der Waals surface area contributed by atoms with Gasteiger partial charge in [-0.2, -0.15) is 0 Å². The largest absolute Gasteiger partial charge is 0.393 e. The number of rotatable bonds is 16. The van der Waals surface area contributed by atoms with Crippen LogP contribution in [0.3, 0.4) is 0 Å². The zero-order chi connectivity index (χ0) is 18.2. The number of cyclic esters (lactones) is 2. The normalized spacial score (nSPS) is 17.6. The van der Waals surface area contributed by atoms with Gasteiger partial charge in [-0.1, -0.05) is 89.7 Å². The van der Waals surface area contributed by atoms with E-state index in [0.29, 0.717) is 6.42 Å². The average Bonchev–Trinajstić information content (AvgIpc) is 2.92. The van der Waals surface area contributed by atoms with Gasteiger partial charge in [0.2, 0.25) is 0 Å². The standard InChI is InChI=1S/C22H38O3/c1-2-3-4-5-6-7-8-9-10-11-12-13-14-15-16-17-18-20-19-21(23)25-22(20)24/h3-4,20H,2,5-19H2,1H3. The third-order valence-corrected chi connectivity index (χ3v) is 5.04. The molecule has 0 aromatic heterocycles. The van der Waals surface area contributed by atoms with Gasteiger partial charge in [-0.05, 0) is 25.7 Å². The van der Waals surface area contributed by atoms with Crippen LogP contribution in [0.4, 0.5) is 0 Å². The molecule has 1 unspecified atom stereocenters. The SMILES string of the molecule is CCC=CCCCCCCCCCCCCCCC1CC(=O)OC1=O. The lowest BCUT2D eigenvalue weighted by atomic mass is 9.98. The van der Waals surface area contributed by atoms with E-state index < -0.39 is 0 Å². The number of esters is 2. The van der Waals surface area contributed by atoms with Gasteiger partial charge in [0.1, 0.15) is 0 Å². The number of allylic oxidation sites excluding steroid dienone is 2. The fourth-order valence-electron chi connectivity index (χ4n) is 3.45. The predicted molar refractivity (Wildman–Crippen MR) is 103 cm³/mol. The monoisotopic (exact) mass is 350 g/mol. The first-order valence-corrected chi connectivity index (χ1v) is 10.6. The highest BCUT2D eigenvalue weighted by atomic mass is 16.6. The van der Waals surface area contributed by atoms with Gasteiger partial charge in [0, 0.05) is 0 Å². The van der Waals surface area contributed by atoms with Crippen LogP contribution in [0.1, 0.15) is 110 Å². The zero-order valence-corrected chi connectivity index (χ0v) is 16.3. The van der Waals surface area contributed by atoms with Crippen LogP contribution in [0.25, 0.3) is 0 Å². The summed E-state index contributed by atoms with van der Waals surface area (Å²) < 4.78 is 4.57. The summed E-state index contributed by atoms with van der Waals surface area (Å²) in [5.74, 6) is -0.805. The van der Waals surface area contributed by atoms with Crippen LogP contribution in [0.15, 0.2) is 12.2 Å². The van der Waals surface area contributed by atoms with Crippen molar-refractivity contribution in [2.24, 2.45) is 5.92 Å². The molecule has 0 N–H and O–H groups in total. The van der Waals surface area contributed by atoms with E-state index >= 15 is 0 Å². The molecule has 0 aromatic carbocycles. The van der Waals surface area contributed by atoms with Crippen molar-refractivity contribution >= 4 is 11.9 Å². The minimum atomic E-state index is -0.344. The Morgan fingerprint density at radius 1 is 0.800 bits per heavy atom. The van der Waals surface area contributed by atoms with Crippen molar-refractivity contribution in [1.82, 2.24) is 0 Å². The number of hydrogen-bond donors (Lipinski definition) is 0. The molecular formula is C22H38O3. The first kappa shape index (κ1) is 21.9. The van der Waals surface area contributed by atoms with Crippen molar-refractivity contribution in [3.05, 3.63) is 12.2 Å². The molecule has 0 aliphatic carbocycles. The molecule has 0 bridgehead atoms. The van der Waals surface area contributed by atoms with Crippen molar-refractivity contribution in [2.75, 3.05) is 0 Å². The molecule has 1 rings (SSSR count). The maximum atomic E-state index is 11.3. The highest BCUT2D eigenvalue weighted by molar-refractivity contribution is 5.94. The molecular weight excluding hydrogens is 312 g/mol. The molecule has 1 aliphatic rings. The minimum absolute atomic E-state index is 0.157. The van der Waals surface area contributed by atoms with Gasteiger partial charge in [0.05, 0.1) is 12.3 Å². The second kappa shape index (κ2) is 15.2. The molecule has 1 fully saturated rings. The quantitative estimate of drug-likeness (QED) is 0.138. The summed E-state index contributed by atoms with van der Waals surface area (Å²) in [4.78, 5) is 22.3. The van der Waals surface area contributed by atoms with Crippen LogP contribution in [0, 0.1) is 5.92 Å². The number of carbonyl (C=O) groups excluding carboxylic acids is 2. The molecule has 1 heterocycles. The Bertz CT molecular complexity index is 387. The molecule has 3 nitrogen and oxygen atoms in total. The van der Waals surface area contributed by atoms with Gasteiger partial charge in [-0.25, -0.2) is 0 Å². The number of hydrogen-bond acceptors (Lipinski definition) is 3. The Balaban J connectivity index is 1.74. The topological polar surface area (TPSA) is 43.4 Å². The van der Waals surface area contributed by atoms with Crippen LogP contribution in [-0.4, -0.2) is 11.9 Å². The van der Waals surface area contributed by atoms with Gasteiger partial charge >= 0.3 is 11.9 Å². The molecule has 1 aliphatic heterocycles. The van der Waals surface area contributed by atoms with E-state index in [1.54, 1.807) is 0 Å². The fraction of sp³-hybridized carbons (Fsp3) is 0.818. The highest BCUT2D eigenvalue weighted by Gasteiger charge is 2.32. The van der Waals surface area contributed by atoms with Gasteiger partial charge in [-0.15, -0.1) is 0 Å². The van der Waals surface area contributed by atoms with Gasteiger partial charge in [0.15, 0.2) is 0 Å². The van der Waals surface area contributed by atoms with Crippen molar-refractivity contribution in [3.63, 3.8) is 0 Å². The molecule has 0 saturated carbocycles. The smallest absolute Gasteiger partial charge is 0.317 e. The van der Waals surface area contributed by atoms with Gasteiger partial charge < -0.3 is 4.74 Å².